The summed E-state index contributed by atoms with van der Waals surface area (Å²) in [7, 11) is 0. The molecule has 0 aliphatic carbocycles. The van der Waals surface area contributed by atoms with Gasteiger partial charge in [0.05, 0.1) is 17.3 Å². The molecule has 0 saturated heterocycles. The second-order valence-corrected chi connectivity index (χ2v) is 9.78. The van der Waals surface area contributed by atoms with E-state index in [4.69, 9.17) is 11.6 Å². The van der Waals surface area contributed by atoms with Crippen LogP contribution in [-0.2, 0) is 4.79 Å². The van der Waals surface area contributed by atoms with Crippen LogP contribution in [0.5, 0.6) is 0 Å². The van der Waals surface area contributed by atoms with E-state index in [-0.39, 0.29) is 0 Å². The normalized spacial score (nSPS) is 12.5. The molecule has 0 spiro atoms. The number of nitrogens with zero attached hydrogens (tertiary/aromatic N) is 2. The fraction of sp³-hybridized carbons (Fsp3) is 0.0667. The third-order valence-electron chi connectivity index (χ3n) is 6.07. The summed E-state index contributed by atoms with van der Waals surface area (Å²) in [6, 6.07) is 27.4. The van der Waals surface area contributed by atoms with E-state index in [0.29, 0.717) is 26.6 Å². The van der Waals surface area contributed by atoms with Crippen molar-refractivity contribution in [3.8, 4) is 28.1 Å². The largest absolute Gasteiger partial charge is 0.285 e. The number of thiazole rings is 1. The predicted molar refractivity (Wildman–Crippen MR) is 145 cm³/mol. The van der Waals surface area contributed by atoms with E-state index in [1.165, 1.54) is 29.5 Å². The van der Waals surface area contributed by atoms with Crippen LogP contribution < -0.4 is 4.80 Å². The number of hydrogen-bond donors (Lipinski definition) is 0. The first-order valence-corrected chi connectivity index (χ1v) is 12.8. The molecule has 1 amide bonds. The first-order chi connectivity index (χ1) is 17.9. The SMILES string of the molecule is CC(C(=O)N=c1scc(-c2ccc(Cl)cc2)n1-c1cccc(F)c1)c1ccc(-c2ccccc2)c(F)c1. The van der Waals surface area contributed by atoms with Gasteiger partial charge in [-0.05, 0) is 60.0 Å². The van der Waals surface area contributed by atoms with Gasteiger partial charge in [-0.1, -0.05) is 72.3 Å². The number of amides is 1. The van der Waals surface area contributed by atoms with Crippen LogP contribution in [0.4, 0.5) is 8.78 Å². The number of benzene rings is 4. The number of carbonyl (C=O) groups excluding carboxylic acids is 1. The monoisotopic (exact) mass is 530 g/mol. The van der Waals surface area contributed by atoms with Gasteiger partial charge in [0.2, 0.25) is 0 Å². The lowest BCUT2D eigenvalue weighted by atomic mass is 9.96. The predicted octanol–water partition coefficient (Wildman–Crippen LogP) is 8.04. The van der Waals surface area contributed by atoms with Gasteiger partial charge in [0.1, 0.15) is 11.6 Å². The van der Waals surface area contributed by atoms with E-state index in [2.05, 4.69) is 4.99 Å². The molecule has 1 heterocycles. The van der Waals surface area contributed by atoms with Gasteiger partial charge in [0, 0.05) is 16.0 Å². The fourth-order valence-corrected chi connectivity index (χ4v) is 5.10. The summed E-state index contributed by atoms with van der Waals surface area (Å²) in [5.41, 5.74) is 3.87. The highest BCUT2D eigenvalue weighted by Gasteiger charge is 2.19. The van der Waals surface area contributed by atoms with Crippen LogP contribution in [0.3, 0.4) is 0 Å². The Morgan fingerprint density at radius 2 is 1.65 bits per heavy atom. The standard InChI is InChI=1S/C30H21ClF2N2OS/c1-19(22-12-15-26(27(33)16-22)20-6-3-2-4-7-20)29(36)34-30-35(25-9-5-8-24(32)17-25)28(18-37-30)21-10-13-23(31)14-11-21/h2-19H,1H3. The molecule has 5 rings (SSSR count). The zero-order valence-corrected chi connectivity index (χ0v) is 21.3. The average Bonchev–Trinajstić information content (AvgIpc) is 3.32. The Morgan fingerprint density at radius 3 is 2.35 bits per heavy atom. The molecule has 3 nitrogen and oxygen atoms in total. The van der Waals surface area contributed by atoms with Crippen molar-refractivity contribution in [1.29, 1.82) is 0 Å². The minimum atomic E-state index is -0.679. The molecule has 4 aromatic carbocycles. The third-order valence-corrected chi connectivity index (χ3v) is 7.15. The molecule has 1 atom stereocenters. The Kier molecular flexibility index (Phi) is 7.12. The zero-order chi connectivity index (χ0) is 25.9. The summed E-state index contributed by atoms with van der Waals surface area (Å²) in [6.07, 6.45) is 0. The van der Waals surface area contributed by atoms with Crippen molar-refractivity contribution in [1.82, 2.24) is 4.57 Å². The maximum absolute atomic E-state index is 14.9. The molecular weight excluding hydrogens is 510 g/mol. The van der Waals surface area contributed by atoms with E-state index < -0.39 is 23.5 Å². The lowest BCUT2D eigenvalue weighted by Crippen LogP contribution is -2.18. The average molecular weight is 531 g/mol. The van der Waals surface area contributed by atoms with Gasteiger partial charge in [-0.15, -0.1) is 11.3 Å². The smallest absolute Gasteiger partial charge is 0.255 e. The molecule has 7 heteroatoms. The van der Waals surface area contributed by atoms with E-state index in [1.807, 2.05) is 47.8 Å². The second kappa shape index (κ2) is 10.6. The van der Waals surface area contributed by atoms with Gasteiger partial charge in [-0.3, -0.25) is 9.36 Å². The van der Waals surface area contributed by atoms with Crippen LogP contribution in [0.15, 0.2) is 107 Å². The van der Waals surface area contributed by atoms with Gasteiger partial charge >= 0.3 is 0 Å². The molecule has 0 fully saturated rings. The molecule has 0 saturated carbocycles. The number of aromatic nitrogens is 1. The van der Waals surface area contributed by atoms with Crippen molar-refractivity contribution in [2.75, 3.05) is 0 Å². The van der Waals surface area contributed by atoms with Crippen LogP contribution in [0, 0.1) is 11.6 Å². The van der Waals surface area contributed by atoms with Crippen LogP contribution in [0.25, 0.3) is 28.1 Å². The molecule has 0 N–H and O–H groups in total. The summed E-state index contributed by atoms with van der Waals surface area (Å²) < 4.78 is 30.8. The highest BCUT2D eigenvalue weighted by Crippen LogP contribution is 2.28. The fourth-order valence-electron chi connectivity index (χ4n) is 4.06. The van der Waals surface area contributed by atoms with E-state index in [0.717, 1.165) is 16.8 Å². The second-order valence-electron chi connectivity index (χ2n) is 8.50. The van der Waals surface area contributed by atoms with E-state index >= 15 is 0 Å². The van der Waals surface area contributed by atoms with Crippen molar-refractivity contribution in [2.24, 2.45) is 4.99 Å². The van der Waals surface area contributed by atoms with E-state index in [9.17, 15) is 13.6 Å². The highest BCUT2D eigenvalue weighted by molar-refractivity contribution is 7.07. The van der Waals surface area contributed by atoms with Crippen LogP contribution in [-0.4, -0.2) is 10.5 Å². The molecule has 37 heavy (non-hydrogen) atoms. The Bertz CT molecular complexity index is 1640. The summed E-state index contributed by atoms with van der Waals surface area (Å²) in [5.74, 6) is -1.92. The van der Waals surface area contributed by atoms with Crippen molar-refractivity contribution in [2.45, 2.75) is 12.8 Å². The number of rotatable bonds is 5. The Balaban J connectivity index is 1.54. The summed E-state index contributed by atoms with van der Waals surface area (Å²) in [6.45, 7) is 1.70. The van der Waals surface area contributed by atoms with Gasteiger partial charge in [0.15, 0.2) is 4.80 Å². The number of carbonyl (C=O) groups is 1. The lowest BCUT2D eigenvalue weighted by Gasteiger charge is -2.12. The Morgan fingerprint density at radius 1 is 0.892 bits per heavy atom. The maximum Gasteiger partial charge on any atom is 0.255 e. The molecule has 0 radical (unpaired) electrons. The highest BCUT2D eigenvalue weighted by atomic mass is 35.5. The minimum Gasteiger partial charge on any atom is -0.285 e. The molecule has 184 valence electrons. The van der Waals surface area contributed by atoms with Crippen LogP contribution >= 0.6 is 22.9 Å². The quantitative estimate of drug-likeness (QED) is 0.226. The first kappa shape index (κ1) is 24.8. The van der Waals surface area contributed by atoms with Gasteiger partial charge in [-0.2, -0.15) is 4.99 Å². The van der Waals surface area contributed by atoms with Crippen molar-refractivity contribution < 1.29 is 13.6 Å². The van der Waals surface area contributed by atoms with Crippen LogP contribution in [0.1, 0.15) is 18.4 Å². The minimum absolute atomic E-state index is 0.383. The number of halogens is 3. The molecule has 0 bridgehead atoms. The van der Waals surface area contributed by atoms with E-state index in [1.54, 1.807) is 47.9 Å². The van der Waals surface area contributed by atoms with Gasteiger partial charge < -0.3 is 0 Å². The Labute approximate surface area is 222 Å². The lowest BCUT2D eigenvalue weighted by molar-refractivity contribution is -0.119. The summed E-state index contributed by atoms with van der Waals surface area (Å²) in [4.78, 5) is 18.0. The topological polar surface area (TPSA) is 34.4 Å². The van der Waals surface area contributed by atoms with Crippen LogP contribution in [0.2, 0.25) is 5.02 Å². The van der Waals surface area contributed by atoms with Crippen molar-refractivity contribution in [3.63, 3.8) is 0 Å². The molecule has 0 aliphatic heterocycles. The van der Waals surface area contributed by atoms with Crippen molar-refractivity contribution >= 4 is 28.8 Å². The molecule has 5 aromatic rings. The van der Waals surface area contributed by atoms with Crippen molar-refractivity contribution in [3.05, 3.63) is 129 Å². The summed E-state index contributed by atoms with van der Waals surface area (Å²) >= 11 is 7.32. The van der Waals surface area contributed by atoms with Gasteiger partial charge in [-0.25, -0.2) is 8.78 Å². The third kappa shape index (κ3) is 5.31. The molecule has 1 unspecified atom stereocenters. The molecular formula is C30H21ClF2N2OS. The molecule has 1 aromatic heterocycles. The van der Waals surface area contributed by atoms with Gasteiger partial charge in [0.25, 0.3) is 5.91 Å². The first-order valence-electron chi connectivity index (χ1n) is 11.6. The zero-order valence-electron chi connectivity index (χ0n) is 19.7. The number of hydrogen-bond acceptors (Lipinski definition) is 2. The molecule has 0 aliphatic rings. The Hall–Kier alpha value is -3.87. The maximum atomic E-state index is 14.9. The summed E-state index contributed by atoms with van der Waals surface area (Å²) in [5, 5.41) is 2.45.